The summed E-state index contributed by atoms with van der Waals surface area (Å²) in [5.74, 6) is -0.370. The molecule has 0 unspecified atom stereocenters. The number of nitrogens with zero attached hydrogens (tertiary/aromatic N) is 1. The van der Waals surface area contributed by atoms with Crippen LogP contribution >= 0.6 is 0 Å². The highest BCUT2D eigenvalue weighted by Crippen LogP contribution is 2.30. The fraction of sp³-hybridized carbons (Fsp3) is 0.346. The van der Waals surface area contributed by atoms with Gasteiger partial charge in [0.1, 0.15) is 11.5 Å². The average molecular weight is 478 g/mol. The largest absolute Gasteiger partial charge is 0.573 e. The lowest BCUT2D eigenvalue weighted by Gasteiger charge is -2.29. The minimum absolute atomic E-state index is 0.152. The summed E-state index contributed by atoms with van der Waals surface area (Å²) in [4.78, 5) is 12.6. The number of carboxylic acid groups (broad SMARTS) is 1. The Labute approximate surface area is 198 Å². The van der Waals surface area contributed by atoms with Crippen LogP contribution in [0.2, 0.25) is 0 Å². The molecule has 184 valence electrons. The number of benzene rings is 2. The van der Waals surface area contributed by atoms with Crippen LogP contribution in [0.15, 0.2) is 66.9 Å². The molecule has 2 aromatic carbocycles. The van der Waals surface area contributed by atoms with Crippen molar-refractivity contribution in [3.8, 4) is 11.5 Å². The zero-order valence-corrected chi connectivity index (χ0v) is 19.4. The van der Waals surface area contributed by atoms with E-state index in [9.17, 15) is 18.0 Å². The molecule has 0 saturated carbocycles. The van der Waals surface area contributed by atoms with Crippen molar-refractivity contribution in [2.75, 3.05) is 6.61 Å². The van der Waals surface area contributed by atoms with Gasteiger partial charge < -0.3 is 19.5 Å². The molecular weight excluding hydrogens is 447 g/mol. The van der Waals surface area contributed by atoms with Gasteiger partial charge in [0.25, 0.3) is 0 Å². The predicted octanol–water partition coefficient (Wildman–Crippen LogP) is 7.01. The number of carbonyl (C=O) groups is 1. The van der Waals surface area contributed by atoms with Crippen LogP contribution in [0.25, 0.3) is 5.70 Å². The van der Waals surface area contributed by atoms with Gasteiger partial charge in [0.05, 0.1) is 13.2 Å². The number of halogens is 3. The normalized spacial score (nSPS) is 11.7. The minimum Gasteiger partial charge on any atom is -0.493 e. The van der Waals surface area contributed by atoms with Gasteiger partial charge in [0.15, 0.2) is 0 Å². The van der Waals surface area contributed by atoms with Crippen molar-refractivity contribution >= 4 is 11.7 Å². The highest BCUT2D eigenvalue weighted by Gasteiger charge is 2.31. The van der Waals surface area contributed by atoms with Crippen LogP contribution in [0, 0.1) is 0 Å². The van der Waals surface area contributed by atoms with E-state index >= 15 is 0 Å². The highest BCUT2D eigenvalue weighted by atomic mass is 19.4. The molecule has 5 nitrogen and oxygen atoms in total. The van der Waals surface area contributed by atoms with Gasteiger partial charge in [-0.2, -0.15) is 0 Å². The number of carboxylic acids is 1. The van der Waals surface area contributed by atoms with Crippen LogP contribution in [-0.4, -0.2) is 28.9 Å². The molecule has 0 aliphatic carbocycles. The zero-order valence-electron chi connectivity index (χ0n) is 19.4. The van der Waals surface area contributed by atoms with Crippen LogP contribution in [0.4, 0.5) is 13.2 Å². The summed E-state index contributed by atoms with van der Waals surface area (Å²) in [7, 11) is 0. The van der Waals surface area contributed by atoms with Crippen LogP contribution in [0.3, 0.4) is 0 Å². The summed E-state index contributed by atoms with van der Waals surface area (Å²) >= 11 is 0. The van der Waals surface area contributed by atoms with E-state index in [0.29, 0.717) is 30.8 Å². The van der Waals surface area contributed by atoms with Gasteiger partial charge in [-0.15, -0.1) is 13.2 Å². The number of allylic oxidation sites excluding steroid dienone is 2. The van der Waals surface area contributed by atoms with Crippen molar-refractivity contribution in [1.29, 1.82) is 0 Å². The zero-order chi connectivity index (χ0) is 25.1. The number of rotatable bonds is 13. The van der Waals surface area contributed by atoms with Gasteiger partial charge >= 0.3 is 12.3 Å². The molecule has 0 fully saturated rings. The number of para-hydroxylation sites is 1. The summed E-state index contributed by atoms with van der Waals surface area (Å²) in [5.41, 5.74) is 3.13. The molecular formula is C26H30F3NO4. The lowest BCUT2D eigenvalue weighted by Crippen LogP contribution is -2.20. The van der Waals surface area contributed by atoms with Crippen LogP contribution in [-0.2, 0) is 11.3 Å². The first-order chi connectivity index (χ1) is 16.1. The monoisotopic (exact) mass is 477 g/mol. The number of hydrogen-bond acceptors (Lipinski definition) is 4. The highest BCUT2D eigenvalue weighted by molar-refractivity contribution is 5.66. The topological polar surface area (TPSA) is 59.0 Å². The smallest absolute Gasteiger partial charge is 0.493 e. The molecule has 0 aliphatic rings. The number of alkyl halides is 3. The Hall–Kier alpha value is -3.42. The van der Waals surface area contributed by atoms with Gasteiger partial charge in [0, 0.05) is 23.4 Å². The summed E-state index contributed by atoms with van der Waals surface area (Å²) in [5, 5.41) is 8.72. The number of ether oxygens (including phenoxy) is 2. The molecule has 1 N–H and O–H groups in total. The third-order valence-electron chi connectivity index (χ3n) is 5.18. The van der Waals surface area contributed by atoms with Gasteiger partial charge in [-0.1, -0.05) is 30.9 Å². The molecule has 2 rings (SSSR count). The first kappa shape index (κ1) is 26.8. The number of hydrogen-bond donors (Lipinski definition) is 1. The van der Waals surface area contributed by atoms with E-state index in [-0.39, 0.29) is 12.2 Å². The molecule has 0 amide bonds. The fourth-order valence-corrected chi connectivity index (χ4v) is 3.28. The third kappa shape index (κ3) is 8.84. The standard InChI is InChI=1S/C26H30F3NO4/c1-4-19(2)30(20(3)21-13-15-23(16-14-21)34-26(27,28)29)18-22-10-7-8-11-24(22)33-17-9-5-6-12-25(31)32/h4,7-8,10-11,13-16H,3,5-6,9,12,17-18H2,1-2H3,(H,31,32)/b19-4-. The van der Waals surface area contributed by atoms with Crippen molar-refractivity contribution in [2.45, 2.75) is 52.4 Å². The number of unbranched alkanes of at least 4 members (excludes halogenated alkanes) is 2. The second-order valence-corrected chi connectivity index (χ2v) is 7.70. The molecule has 2 aromatic rings. The Bertz CT molecular complexity index is 984. The van der Waals surface area contributed by atoms with Crippen molar-refractivity contribution in [2.24, 2.45) is 0 Å². The van der Waals surface area contributed by atoms with Crippen molar-refractivity contribution in [3.05, 3.63) is 78.0 Å². The lowest BCUT2D eigenvalue weighted by atomic mass is 10.1. The predicted molar refractivity (Wildman–Crippen MR) is 125 cm³/mol. The van der Waals surface area contributed by atoms with E-state index in [0.717, 1.165) is 29.9 Å². The number of aliphatic carboxylic acids is 1. The minimum atomic E-state index is -4.74. The van der Waals surface area contributed by atoms with Gasteiger partial charge in [-0.25, -0.2) is 0 Å². The third-order valence-corrected chi connectivity index (χ3v) is 5.18. The van der Waals surface area contributed by atoms with Crippen molar-refractivity contribution in [3.63, 3.8) is 0 Å². The van der Waals surface area contributed by atoms with E-state index in [1.54, 1.807) is 12.1 Å². The lowest BCUT2D eigenvalue weighted by molar-refractivity contribution is -0.274. The summed E-state index contributed by atoms with van der Waals surface area (Å²) < 4.78 is 47.3. The molecule has 0 aromatic heterocycles. The van der Waals surface area contributed by atoms with Crippen molar-refractivity contribution < 1.29 is 32.5 Å². The van der Waals surface area contributed by atoms with E-state index < -0.39 is 12.3 Å². The molecule has 0 saturated heterocycles. The maximum Gasteiger partial charge on any atom is 0.573 e. The quantitative estimate of drug-likeness (QED) is 0.315. The summed E-state index contributed by atoms with van der Waals surface area (Å²) in [6, 6.07) is 13.2. The molecule has 34 heavy (non-hydrogen) atoms. The van der Waals surface area contributed by atoms with Gasteiger partial charge in [-0.05, 0) is 69.0 Å². The maximum absolute atomic E-state index is 12.5. The van der Waals surface area contributed by atoms with Gasteiger partial charge in [0.2, 0.25) is 0 Å². The second-order valence-electron chi connectivity index (χ2n) is 7.70. The molecule has 0 atom stereocenters. The molecule has 0 heterocycles. The Morgan fingerprint density at radius 3 is 2.38 bits per heavy atom. The first-order valence-electron chi connectivity index (χ1n) is 11.0. The van der Waals surface area contributed by atoms with Crippen molar-refractivity contribution in [1.82, 2.24) is 4.90 Å². The van der Waals surface area contributed by atoms with Crippen LogP contribution in [0.1, 0.15) is 50.7 Å². The Morgan fingerprint density at radius 1 is 1.09 bits per heavy atom. The molecule has 0 bridgehead atoms. The average Bonchev–Trinajstić information content (AvgIpc) is 2.79. The van der Waals surface area contributed by atoms with Gasteiger partial charge in [-0.3, -0.25) is 4.79 Å². The molecule has 0 spiro atoms. The molecule has 8 heteroatoms. The van der Waals surface area contributed by atoms with E-state index in [2.05, 4.69) is 11.3 Å². The second kappa shape index (κ2) is 12.7. The van der Waals surface area contributed by atoms with E-state index in [1.807, 2.05) is 49.1 Å². The fourth-order valence-electron chi connectivity index (χ4n) is 3.28. The Morgan fingerprint density at radius 2 is 1.76 bits per heavy atom. The maximum atomic E-state index is 12.5. The summed E-state index contributed by atoms with van der Waals surface area (Å²) in [6.45, 7) is 8.92. The SMILES string of the molecule is C=C(c1ccc(OC(F)(F)F)cc1)N(Cc1ccccc1OCCCCCC(=O)O)/C(C)=C\C. The summed E-state index contributed by atoms with van der Waals surface area (Å²) in [6.07, 6.45) is -0.535. The van der Waals surface area contributed by atoms with Crippen LogP contribution < -0.4 is 9.47 Å². The molecule has 0 radical (unpaired) electrons. The Kier molecular flexibility index (Phi) is 10.0. The van der Waals surface area contributed by atoms with E-state index in [4.69, 9.17) is 9.84 Å². The first-order valence-corrected chi connectivity index (χ1v) is 11.0. The van der Waals surface area contributed by atoms with E-state index in [1.165, 1.54) is 12.1 Å². The Balaban J connectivity index is 2.10. The van der Waals surface area contributed by atoms with Crippen LogP contribution in [0.5, 0.6) is 11.5 Å². The molecule has 0 aliphatic heterocycles.